The van der Waals surface area contributed by atoms with Crippen LogP contribution >= 0.6 is 8.38 Å². The smallest absolute Gasteiger partial charge is 0.302 e. The Bertz CT molecular complexity index is 3220. The van der Waals surface area contributed by atoms with Crippen LogP contribution in [0.15, 0.2) is 48.5 Å². The summed E-state index contributed by atoms with van der Waals surface area (Å²) in [5.74, 6) is -2.19. The van der Waals surface area contributed by atoms with E-state index in [4.69, 9.17) is 80.1 Å². The van der Waals surface area contributed by atoms with E-state index in [2.05, 4.69) is 81.1 Å². The summed E-state index contributed by atoms with van der Waals surface area (Å²) in [7, 11) is -1.37. The summed E-state index contributed by atoms with van der Waals surface area (Å²) in [6.45, 7) is 31.6. The molecule has 2 aromatic rings. The maximum atomic E-state index is 14.8. The van der Waals surface area contributed by atoms with Gasteiger partial charge < -0.3 is 107 Å². The number of benzene rings is 2. The molecule has 2 aromatic carbocycles. The number of nitrogens with one attached hydrogen (secondary N) is 5. The summed E-state index contributed by atoms with van der Waals surface area (Å²) in [4.78, 5) is 105. The van der Waals surface area contributed by atoms with E-state index in [9.17, 15) is 43.6 Å². The number of rotatable bonds is 55. The molecule has 3 fully saturated rings. The lowest BCUT2D eigenvalue weighted by Gasteiger charge is -2.44. The first-order chi connectivity index (χ1) is 55.1. The first-order valence-electron chi connectivity index (χ1n) is 40.6. The molecule has 32 nitrogen and oxygen atoms in total. The molecule has 0 aromatic heterocycles. The largest absolute Gasteiger partial charge is 0.463 e. The molecule has 650 valence electrons. The van der Waals surface area contributed by atoms with Crippen LogP contribution in [0.25, 0.3) is 11.1 Å². The van der Waals surface area contributed by atoms with Gasteiger partial charge in [0.25, 0.3) is 0 Å². The highest BCUT2D eigenvalue weighted by molar-refractivity contribution is 7.48. The molecule has 2 unspecified atom stereocenters. The normalized spacial score (nSPS) is 24.0. The lowest BCUT2D eigenvalue weighted by molar-refractivity contribution is -0.258. The summed E-state index contributed by atoms with van der Waals surface area (Å²) in [6, 6.07) is 14.9. The van der Waals surface area contributed by atoms with Crippen LogP contribution in [0, 0.1) is 52.8 Å². The Balaban J connectivity index is 1.25. The lowest BCUT2D eigenvalue weighted by atomic mass is 9.79. The van der Waals surface area contributed by atoms with Crippen molar-refractivity contribution in [3.63, 3.8) is 0 Å². The second kappa shape index (κ2) is 54.4. The molecule has 0 spiro atoms. The molecule has 5 amide bonds. The Morgan fingerprint density at radius 3 is 1.30 bits per heavy atom. The predicted molar refractivity (Wildman–Crippen MR) is 425 cm³/mol. The van der Waals surface area contributed by atoms with Gasteiger partial charge in [0.1, 0.15) is 36.6 Å². The standard InChI is InChI=1S/C82H132N7O25P/c1-17-69-57(10)76(109-62(15)93)74(87-59(12)90)81(111-69)105-46-43-102-40-37-99-34-30-85-73(96)50-89(49-72(95)84-29-33-98-36-39-101-42-45-104-80-56(9)54(7)55(8)71(113-80)51-107-61(14)92)68(48-64-20-22-65(23-21-64)66-24-26-67(27-25-66)114-115(108-32-19-28-83)78(52(3)4)53(5)6)79(97)86-31-35-100-38-41-103-44-47-106-82-75(88-60(13)91)77(110-63(16)94)58(11)70(18-2)112-82/h20-27,52-58,68-71,74-78,80-82H,17-19,29-51H2,1-16H3,(H,84,95)(H,85,96)(H,86,97)(H,87,90)(H,88,91)/t54-,55+,56+,57-,58-,68?,69+,70+,71+,74+,75+,76-,77-,80+,81+,82+,115?/m0/s1. The van der Waals surface area contributed by atoms with Gasteiger partial charge >= 0.3 is 17.9 Å². The van der Waals surface area contributed by atoms with Crippen molar-refractivity contribution in [2.75, 3.05) is 145 Å². The third kappa shape index (κ3) is 35.8. The van der Waals surface area contributed by atoms with E-state index >= 15 is 0 Å². The van der Waals surface area contributed by atoms with Gasteiger partial charge in [-0.3, -0.25) is 43.3 Å². The van der Waals surface area contributed by atoms with E-state index in [0.717, 1.165) is 16.7 Å². The molecule has 0 saturated carbocycles. The Morgan fingerprint density at radius 2 is 0.896 bits per heavy atom. The van der Waals surface area contributed by atoms with Crippen LogP contribution in [0.2, 0.25) is 0 Å². The molecule has 0 aliphatic carbocycles. The quantitative estimate of drug-likeness (QED) is 0.0193. The van der Waals surface area contributed by atoms with E-state index in [1.807, 2.05) is 76.2 Å². The number of amides is 5. The maximum absolute atomic E-state index is 14.8. The van der Waals surface area contributed by atoms with E-state index in [0.29, 0.717) is 18.6 Å². The van der Waals surface area contributed by atoms with Crippen molar-refractivity contribution in [1.82, 2.24) is 31.5 Å². The number of nitrogens with zero attached hydrogens (tertiary/aromatic N) is 2. The van der Waals surface area contributed by atoms with Crippen molar-refractivity contribution in [3.05, 3.63) is 54.1 Å². The zero-order chi connectivity index (χ0) is 84.4. The highest BCUT2D eigenvalue weighted by Crippen LogP contribution is 2.50. The molecule has 3 heterocycles. The van der Waals surface area contributed by atoms with Crippen LogP contribution in [0.5, 0.6) is 5.75 Å². The summed E-state index contributed by atoms with van der Waals surface area (Å²) < 4.78 is 101. The monoisotopic (exact) mass is 1650 g/mol. The predicted octanol–water partition coefficient (Wildman–Crippen LogP) is 6.98. The molecule has 0 bridgehead atoms. The van der Waals surface area contributed by atoms with Crippen LogP contribution in [0.1, 0.15) is 136 Å². The van der Waals surface area contributed by atoms with Crippen molar-refractivity contribution < 1.29 is 118 Å². The second-order valence-electron chi connectivity index (χ2n) is 29.9. The number of ether oxygens (including phenoxy) is 15. The summed E-state index contributed by atoms with van der Waals surface area (Å²) in [5.41, 5.74) is 2.62. The summed E-state index contributed by atoms with van der Waals surface area (Å²) in [6.07, 6.45) is -2.97. The molecule has 3 aliphatic rings. The van der Waals surface area contributed by atoms with Gasteiger partial charge in [-0.05, 0) is 71.8 Å². The van der Waals surface area contributed by atoms with Gasteiger partial charge in [-0.15, -0.1) is 0 Å². The van der Waals surface area contributed by atoms with Gasteiger partial charge in [0, 0.05) is 77.7 Å². The first-order valence-corrected chi connectivity index (χ1v) is 41.8. The van der Waals surface area contributed by atoms with Crippen LogP contribution in [0.3, 0.4) is 0 Å². The highest BCUT2D eigenvalue weighted by atomic mass is 31.2. The Morgan fingerprint density at radius 1 is 0.487 bits per heavy atom. The maximum Gasteiger partial charge on any atom is 0.302 e. The average molecular weight is 1650 g/mol. The van der Waals surface area contributed by atoms with E-state index in [1.165, 1.54) is 39.5 Å². The fraction of sp³-hybridized carbons (Fsp3) is 0.744. The molecule has 5 rings (SSSR count). The van der Waals surface area contributed by atoms with Gasteiger partial charge in [-0.1, -0.05) is 113 Å². The first kappa shape index (κ1) is 98.9. The molecule has 17 atom stereocenters. The number of nitriles is 1. The molecular formula is C82H132N7O25P. The third-order valence-electron chi connectivity index (χ3n) is 20.3. The average Bonchev–Trinajstić information content (AvgIpc) is 0.805. The Hall–Kier alpha value is -6.64. The molecule has 3 saturated heterocycles. The number of hydrogen-bond acceptors (Lipinski definition) is 27. The van der Waals surface area contributed by atoms with Crippen LogP contribution in [-0.2, 0) is 120 Å². The van der Waals surface area contributed by atoms with Crippen molar-refractivity contribution in [2.24, 2.45) is 41.4 Å². The van der Waals surface area contributed by atoms with Gasteiger partial charge in [0.05, 0.1) is 156 Å². The number of carbonyl (C=O) groups is 8. The van der Waals surface area contributed by atoms with E-state index < -0.39 is 87.2 Å². The van der Waals surface area contributed by atoms with Crippen molar-refractivity contribution in [2.45, 2.75) is 210 Å². The Kier molecular flexibility index (Phi) is 46.8. The Labute approximate surface area is 681 Å². The highest BCUT2D eigenvalue weighted by Gasteiger charge is 2.48. The number of esters is 3. The van der Waals surface area contributed by atoms with Gasteiger partial charge in [0.2, 0.25) is 37.9 Å². The number of carbonyl (C=O) groups excluding carboxylic acids is 8. The zero-order valence-electron chi connectivity index (χ0n) is 70.5. The van der Waals surface area contributed by atoms with E-state index in [-0.39, 0.29) is 241 Å². The zero-order valence-corrected chi connectivity index (χ0v) is 71.4. The van der Waals surface area contributed by atoms with Gasteiger partial charge in [0.15, 0.2) is 18.9 Å². The summed E-state index contributed by atoms with van der Waals surface area (Å²) in [5, 5.41) is 23.6. The molecular weight excluding hydrogens is 1510 g/mol. The number of hydrogen-bond donors (Lipinski definition) is 5. The topological polar surface area (TPSA) is 381 Å². The minimum atomic E-state index is -1.37. The second-order valence-corrected chi connectivity index (χ2v) is 31.5. The van der Waals surface area contributed by atoms with Crippen LogP contribution in [0.4, 0.5) is 0 Å². The van der Waals surface area contributed by atoms with Crippen molar-refractivity contribution in [3.8, 4) is 22.9 Å². The van der Waals surface area contributed by atoms with Gasteiger partial charge in [-0.25, -0.2) is 0 Å². The van der Waals surface area contributed by atoms with Gasteiger partial charge in [-0.2, -0.15) is 5.26 Å². The van der Waals surface area contributed by atoms with E-state index in [1.54, 1.807) is 0 Å². The molecule has 33 heteroatoms. The molecule has 115 heavy (non-hydrogen) atoms. The lowest BCUT2D eigenvalue weighted by Crippen LogP contribution is -2.62. The molecule has 0 radical (unpaired) electrons. The van der Waals surface area contributed by atoms with Crippen molar-refractivity contribution in [1.29, 1.82) is 5.26 Å². The van der Waals surface area contributed by atoms with Crippen LogP contribution < -0.4 is 31.1 Å². The minimum Gasteiger partial charge on any atom is -0.463 e. The molecule has 5 N–H and O–H groups in total. The molecule has 3 aliphatic heterocycles. The third-order valence-corrected chi connectivity index (χ3v) is 22.8. The summed E-state index contributed by atoms with van der Waals surface area (Å²) >= 11 is 0. The van der Waals surface area contributed by atoms with Crippen molar-refractivity contribution >= 4 is 55.8 Å². The minimum absolute atomic E-state index is 0.0516. The fourth-order valence-electron chi connectivity index (χ4n) is 14.1. The van der Waals surface area contributed by atoms with Crippen LogP contribution in [-0.4, -0.2) is 271 Å². The SMILES string of the molecule is CC[C@H]1O[C@@H](OCCOCCOCCNC(=O)CN(CC(=O)NCCOCCOCCO[C@@H]2O[C@H](COC(C)=O)[C@H](C)[C@H](C)[C@H]2C)C(Cc2ccc(-c3ccc(OP(OCCC#N)C(C(C)C)C(C)C)cc3)cc2)C(=O)NCCOCCOCCO[C@@H]2O[C@H](CC)[C@H](C)[C@H](OC(C)=O)[C@H]2NC(C)=O)[C@H](NC(C)=O)[C@@H](OC(C)=O)[C@H]1C. The fourth-order valence-corrected chi connectivity index (χ4v) is 16.0.